The van der Waals surface area contributed by atoms with Crippen LogP contribution in [0, 0.1) is 0 Å². The highest BCUT2D eigenvalue weighted by Gasteiger charge is 2.05. The van der Waals surface area contributed by atoms with E-state index >= 15 is 0 Å². The van der Waals surface area contributed by atoms with E-state index in [1.54, 1.807) is 7.11 Å². The first-order valence-electron chi connectivity index (χ1n) is 5.75. The number of rotatable bonds is 8. The molecule has 96 valence electrons. The second-order valence-corrected chi connectivity index (χ2v) is 4.08. The molecule has 1 aromatic rings. The molecule has 0 aliphatic heterocycles. The fourth-order valence-corrected chi connectivity index (χ4v) is 1.75. The van der Waals surface area contributed by atoms with E-state index in [0.29, 0.717) is 6.61 Å². The summed E-state index contributed by atoms with van der Waals surface area (Å²) in [6.07, 6.45) is 0.886. The molecule has 1 aromatic carbocycles. The van der Waals surface area contributed by atoms with E-state index < -0.39 is 0 Å². The number of methoxy groups -OCH3 is 1. The molecule has 3 nitrogen and oxygen atoms in total. The summed E-state index contributed by atoms with van der Waals surface area (Å²) in [5.74, 6) is 1.56. The van der Waals surface area contributed by atoms with Crippen LogP contribution in [0.15, 0.2) is 18.2 Å². The SMILES string of the molecule is CCOCCCOc1ccc(CBr)cc1OC. The van der Waals surface area contributed by atoms with Crippen molar-refractivity contribution in [1.82, 2.24) is 0 Å². The fourth-order valence-electron chi connectivity index (χ4n) is 1.40. The molecular formula is C13H19BrO3. The Bertz CT molecular complexity index is 328. The van der Waals surface area contributed by atoms with Gasteiger partial charge in [-0.1, -0.05) is 22.0 Å². The van der Waals surface area contributed by atoms with Gasteiger partial charge in [-0.05, 0) is 24.6 Å². The van der Waals surface area contributed by atoms with E-state index in [1.807, 2.05) is 25.1 Å². The zero-order valence-corrected chi connectivity index (χ0v) is 12.0. The second-order valence-electron chi connectivity index (χ2n) is 3.52. The molecular weight excluding hydrogens is 284 g/mol. The number of benzene rings is 1. The molecule has 4 heteroatoms. The number of hydrogen-bond acceptors (Lipinski definition) is 3. The maximum Gasteiger partial charge on any atom is 0.161 e. The average Bonchev–Trinajstić information content (AvgIpc) is 2.38. The van der Waals surface area contributed by atoms with Crippen LogP contribution in [0.1, 0.15) is 18.9 Å². The third-order valence-corrected chi connectivity index (χ3v) is 2.92. The Morgan fingerprint density at radius 1 is 1.18 bits per heavy atom. The summed E-state index contributed by atoms with van der Waals surface area (Å²) in [4.78, 5) is 0. The molecule has 0 bridgehead atoms. The largest absolute Gasteiger partial charge is 0.493 e. The monoisotopic (exact) mass is 302 g/mol. The molecule has 0 N–H and O–H groups in total. The molecule has 0 saturated carbocycles. The van der Waals surface area contributed by atoms with Crippen molar-refractivity contribution in [2.24, 2.45) is 0 Å². The fraction of sp³-hybridized carbons (Fsp3) is 0.538. The van der Waals surface area contributed by atoms with Crippen molar-refractivity contribution < 1.29 is 14.2 Å². The van der Waals surface area contributed by atoms with Crippen LogP contribution in [0.2, 0.25) is 0 Å². The zero-order valence-electron chi connectivity index (χ0n) is 10.4. The molecule has 0 amide bonds. The van der Waals surface area contributed by atoms with E-state index in [9.17, 15) is 0 Å². The molecule has 0 spiro atoms. The van der Waals surface area contributed by atoms with Crippen molar-refractivity contribution in [1.29, 1.82) is 0 Å². The van der Waals surface area contributed by atoms with Crippen LogP contribution in [-0.4, -0.2) is 26.9 Å². The van der Waals surface area contributed by atoms with Crippen molar-refractivity contribution in [2.45, 2.75) is 18.7 Å². The summed E-state index contributed by atoms with van der Waals surface area (Å²) in [7, 11) is 1.65. The summed E-state index contributed by atoms with van der Waals surface area (Å²) in [5, 5.41) is 0.813. The van der Waals surface area contributed by atoms with Crippen molar-refractivity contribution in [2.75, 3.05) is 26.9 Å². The van der Waals surface area contributed by atoms with Gasteiger partial charge >= 0.3 is 0 Å². The zero-order chi connectivity index (χ0) is 12.5. The van der Waals surface area contributed by atoms with Crippen LogP contribution in [0.3, 0.4) is 0 Å². The van der Waals surface area contributed by atoms with E-state index in [4.69, 9.17) is 14.2 Å². The lowest BCUT2D eigenvalue weighted by Gasteiger charge is -2.11. The standard InChI is InChI=1S/C13H19BrO3/c1-3-16-7-4-8-17-12-6-5-11(10-14)9-13(12)15-2/h5-6,9H,3-4,7-8,10H2,1-2H3. The van der Waals surface area contributed by atoms with Crippen LogP contribution in [0.25, 0.3) is 0 Å². The minimum absolute atomic E-state index is 0.643. The van der Waals surface area contributed by atoms with Crippen LogP contribution in [0.4, 0.5) is 0 Å². The van der Waals surface area contributed by atoms with Gasteiger partial charge in [-0.2, -0.15) is 0 Å². The minimum Gasteiger partial charge on any atom is -0.493 e. The van der Waals surface area contributed by atoms with Gasteiger partial charge in [-0.25, -0.2) is 0 Å². The first-order chi connectivity index (χ1) is 8.31. The third-order valence-electron chi connectivity index (χ3n) is 2.28. The molecule has 0 unspecified atom stereocenters. The summed E-state index contributed by atoms with van der Waals surface area (Å²) < 4.78 is 16.2. The maximum atomic E-state index is 5.65. The Morgan fingerprint density at radius 3 is 2.65 bits per heavy atom. The van der Waals surface area contributed by atoms with Crippen molar-refractivity contribution in [3.8, 4) is 11.5 Å². The van der Waals surface area contributed by atoms with E-state index in [0.717, 1.165) is 36.5 Å². The van der Waals surface area contributed by atoms with Gasteiger partial charge in [0.15, 0.2) is 11.5 Å². The van der Waals surface area contributed by atoms with Crippen LogP contribution >= 0.6 is 15.9 Å². The van der Waals surface area contributed by atoms with Gasteiger partial charge in [0.1, 0.15) is 0 Å². The van der Waals surface area contributed by atoms with Gasteiger partial charge in [-0.3, -0.25) is 0 Å². The van der Waals surface area contributed by atoms with Crippen LogP contribution < -0.4 is 9.47 Å². The number of hydrogen-bond donors (Lipinski definition) is 0. The van der Waals surface area contributed by atoms with Gasteiger partial charge in [-0.15, -0.1) is 0 Å². The Kier molecular flexibility index (Phi) is 7.05. The van der Waals surface area contributed by atoms with Gasteiger partial charge in [0.2, 0.25) is 0 Å². The maximum absolute atomic E-state index is 5.65. The van der Waals surface area contributed by atoms with Gasteiger partial charge < -0.3 is 14.2 Å². The second kappa shape index (κ2) is 8.37. The summed E-state index contributed by atoms with van der Waals surface area (Å²) in [5.41, 5.74) is 1.17. The Hall–Kier alpha value is -0.740. The first kappa shape index (κ1) is 14.3. The summed E-state index contributed by atoms with van der Waals surface area (Å²) in [6.45, 7) is 4.12. The molecule has 17 heavy (non-hydrogen) atoms. The molecule has 0 saturated heterocycles. The lowest BCUT2D eigenvalue weighted by Crippen LogP contribution is -2.04. The number of alkyl halides is 1. The highest BCUT2D eigenvalue weighted by atomic mass is 79.9. The van der Waals surface area contributed by atoms with Gasteiger partial charge in [0, 0.05) is 25.0 Å². The Balaban J connectivity index is 2.46. The molecule has 0 aromatic heterocycles. The highest BCUT2D eigenvalue weighted by Crippen LogP contribution is 2.28. The number of ether oxygens (including phenoxy) is 3. The summed E-state index contributed by atoms with van der Waals surface area (Å²) in [6, 6.07) is 5.94. The lowest BCUT2D eigenvalue weighted by molar-refractivity contribution is 0.130. The van der Waals surface area contributed by atoms with Crippen molar-refractivity contribution in [3.05, 3.63) is 23.8 Å². The topological polar surface area (TPSA) is 27.7 Å². The lowest BCUT2D eigenvalue weighted by atomic mass is 10.2. The highest BCUT2D eigenvalue weighted by molar-refractivity contribution is 9.08. The Labute approximate surface area is 111 Å². The van der Waals surface area contributed by atoms with E-state index in [1.165, 1.54) is 5.56 Å². The predicted octanol–water partition coefficient (Wildman–Crippen LogP) is 3.40. The smallest absolute Gasteiger partial charge is 0.161 e. The normalized spacial score (nSPS) is 10.3. The quantitative estimate of drug-likeness (QED) is 0.544. The molecule has 0 atom stereocenters. The van der Waals surface area contributed by atoms with Crippen LogP contribution in [0.5, 0.6) is 11.5 Å². The Morgan fingerprint density at radius 2 is 2.00 bits per heavy atom. The van der Waals surface area contributed by atoms with Crippen molar-refractivity contribution >= 4 is 15.9 Å². The molecule has 1 rings (SSSR count). The number of halogens is 1. The van der Waals surface area contributed by atoms with E-state index in [2.05, 4.69) is 15.9 Å². The molecule has 0 aliphatic rings. The van der Waals surface area contributed by atoms with E-state index in [-0.39, 0.29) is 0 Å². The minimum atomic E-state index is 0.643. The molecule has 0 heterocycles. The third kappa shape index (κ3) is 4.96. The molecule has 0 radical (unpaired) electrons. The predicted molar refractivity (Wildman–Crippen MR) is 72.2 cm³/mol. The molecule has 0 fully saturated rings. The van der Waals surface area contributed by atoms with Crippen molar-refractivity contribution in [3.63, 3.8) is 0 Å². The molecule has 0 aliphatic carbocycles. The van der Waals surface area contributed by atoms with Gasteiger partial charge in [0.25, 0.3) is 0 Å². The first-order valence-corrected chi connectivity index (χ1v) is 6.87. The summed E-state index contributed by atoms with van der Waals surface area (Å²) >= 11 is 3.41. The van der Waals surface area contributed by atoms with Gasteiger partial charge in [0.05, 0.1) is 13.7 Å². The van der Waals surface area contributed by atoms with Crippen LogP contribution in [-0.2, 0) is 10.1 Å². The average molecular weight is 303 g/mol.